The summed E-state index contributed by atoms with van der Waals surface area (Å²) in [5, 5.41) is 11.9. The van der Waals surface area contributed by atoms with E-state index in [1.54, 1.807) is 18.5 Å². The van der Waals surface area contributed by atoms with E-state index in [2.05, 4.69) is 43.0 Å². The Bertz CT molecular complexity index is 1160. The van der Waals surface area contributed by atoms with E-state index < -0.39 is 0 Å². The Morgan fingerprint density at radius 2 is 1.97 bits per heavy atom. The van der Waals surface area contributed by atoms with Crippen LogP contribution in [0.5, 0.6) is 5.75 Å². The Balaban J connectivity index is 1.43. The zero-order valence-electron chi connectivity index (χ0n) is 19.3. The normalized spacial score (nSPS) is 14.8. The largest absolute Gasteiger partial charge is 0.492 e. The summed E-state index contributed by atoms with van der Waals surface area (Å²) in [6, 6.07) is 11.9. The summed E-state index contributed by atoms with van der Waals surface area (Å²) in [5.41, 5.74) is 5.33. The molecule has 4 rings (SSSR count). The molecule has 170 valence electrons. The van der Waals surface area contributed by atoms with Crippen molar-refractivity contribution in [1.82, 2.24) is 20.1 Å². The van der Waals surface area contributed by atoms with E-state index in [0.717, 1.165) is 45.7 Å². The number of ether oxygens (including phenoxy) is 1. The third-order valence-corrected chi connectivity index (χ3v) is 5.65. The van der Waals surface area contributed by atoms with Crippen molar-refractivity contribution >= 4 is 34.5 Å². The Kier molecular flexibility index (Phi) is 7.42. The van der Waals surface area contributed by atoms with Crippen LogP contribution >= 0.6 is 0 Å². The predicted molar refractivity (Wildman–Crippen MR) is 135 cm³/mol. The van der Waals surface area contributed by atoms with Crippen LogP contribution in [0.2, 0.25) is 0 Å². The van der Waals surface area contributed by atoms with Gasteiger partial charge in [0.2, 0.25) is 5.95 Å². The second kappa shape index (κ2) is 10.8. The summed E-state index contributed by atoms with van der Waals surface area (Å²) in [4.78, 5) is 11.3. The minimum atomic E-state index is 0.455. The maximum atomic E-state index is 5.88. The van der Waals surface area contributed by atoms with Crippen molar-refractivity contribution in [2.24, 2.45) is 4.99 Å². The molecule has 0 radical (unpaired) electrons. The first-order valence-corrected chi connectivity index (χ1v) is 11.3. The molecule has 0 saturated carbocycles. The minimum Gasteiger partial charge on any atom is -0.492 e. The van der Waals surface area contributed by atoms with E-state index >= 15 is 0 Å². The molecular formula is C26H30N6O. The van der Waals surface area contributed by atoms with E-state index in [0.29, 0.717) is 12.6 Å². The fourth-order valence-electron chi connectivity index (χ4n) is 3.89. The standard InChI is InChI=1S/C26H30N6O/c1-4-20(18-27-5-2)21-16-19(3)25-24(17-21)30-31-26(29-25)28-22-8-10-23(11-9-22)33-15-14-32-12-6-7-13-32/h4-5,8-11,16-18H,1,6-7,12-15H2,2-3H3,(H,28,29,31)/b20-18+,27-5?. The van der Waals surface area contributed by atoms with Crippen molar-refractivity contribution in [3.8, 4) is 5.75 Å². The second-order valence-electron chi connectivity index (χ2n) is 8.04. The number of nitrogens with zero attached hydrogens (tertiary/aromatic N) is 5. The van der Waals surface area contributed by atoms with E-state index in [-0.39, 0.29) is 0 Å². The van der Waals surface area contributed by atoms with Crippen molar-refractivity contribution in [2.45, 2.75) is 26.7 Å². The summed E-state index contributed by atoms with van der Waals surface area (Å²) in [6.45, 7) is 11.8. The number of allylic oxidation sites excluding steroid dienone is 2. The lowest BCUT2D eigenvalue weighted by Crippen LogP contribution is -2.25. The van der Waals surface area contributed by atoms with Gasteiger partial charge < -0.3 is 10.1 Å². The molecule has 1 aliphatic heterocycles. The summed E-state index contributed by atoms with van der Waals surface area (Å²) >= 11 is 0. The third kappa shape index (κ3) is 5.81. The van der Waals surface area contributed by atoms with Gasteiger partial charge in [-0.2, -0.15) is 0 Å². The third-order valence-electron chi connectivity index (χ3n) is 5.65. The van der Waals surface area contributed by atoms with Gasteiger partial charge in [0, 0.05) is 24.6 Å². The topological polar surface area (TPSA) is 75.5 Å². The van der Waals surface area contributed by atoms with Crippen LogP contribution in [0.3, 0.4) is 0 Å². The zero-order chi connectivity index (χ0) is 23.0. The molecule has 0 bridgehead atoms. The van der Waals surface area contributed by atoms with Gasteiger partial charge in [0.1, 0.15) is 17.9 Å². The average Bonchev–Trinajstić information content (AvgIpc) is 3.35. The maximum Gasteiger partial charge on any atom is 0.247 e. The molecule has 3 aromatic rings. The van der Waals surface area contributed by atoms with Crippen LogP contribution in [0, 0.1) is 6.92 Å². The number of anilines is 2. The first-order valence-electron chi connectivity index (χ1n) is 11.3. The van der Waals surface area contributed by atoms with Gasteiger partial charge in [-0.05, 0) is 92.9 Å². The van der Waals surface area contributed by atoms with E-state index in [1.807, 2.05) is 44.2 Å². The van der Waals surface area contributed by atoms with Gasteiger partial charge >= 0.3 is 0 Å². The molecular weight excluding hydrogens is 412 g/mol. The molecule has 1 N–H and O–H groups in total. The molecule has 0 atom stereocenters. The van der Waals surface area contributed by atoms with E-state index in [9.17, 15) is 0 Å². The van der Waals surface area contributed by atoms with Gasteiger partial charge in [0.25, 0.3) is 0 Å². The van der Waals surface area contributed by atoms with Crippen molar-refractivity contribution < 1.29 is 4.74 Å². The van der Waals surface area contributed by atoms with Gasteiger partial charge in [0.15, 0.2) is 0 Å². The lowest BCUT2D eigenvalue weighted by Gasteiger charge is -2.15. The quantitative estimate of drug-likeness (QED) is 0.364. The van der Waals surface area contributed by atoms with Crippen LogP contribution in [-0.4, -0.2) is 52.5 Å². The van der Waals surface area contributed by atoms with Crippen LogP contribution in [0.1, 0.15) is 30.9 Å². The molecule has 33 heavy (non-hydrogen) atoms. The Morgan fingerprint density at radius 3 is 2.70 bits per heavy atom. The minimum absolute atomic E-state index is 0.455. The molecule has 2 heterocycles. The fraction of sp³-hybridized carbons (Fsp3) is 0.308. The second-order valence-corrected chi connectivity index (χ2v) is 8.04. The number of aryl methyl sites for hydroxylation is 1. The molecule has 7 nitrogen and oxygen atoms in total. The van der Waals surface area contributed by atoms with Crippen molar-refractivity contribution in [2.75, 3.05) is 31.6 Å². The zero-order valence-corrected chi connectivity index (χ0v) is 19.3. The number of benzene rings is 2. The first-order chi connectivity index (χ1) is 16.2. The van der Waals surface area contributed by atoms with Crippen LogP contribution in [-0.2, 0) is 0 Å². The average molecular weight is 443 g/mol. The number of aromatic nitrogens is 3. The van der Waals surface area contributed by atoms with Crippen LogP contribution in [0.4, 0.5) is 11.6 Å². The molecule has 1 saturated heterocycles. The Hall–Kier alpha value is -3.58. The molecule has 1 fully saturated rings. The molecule has 1 aliphatic rings. The SMILES string of the molecule is C=C/C(=C\N=CC)c1cc(C)c2nc(Nc3ccc(OCCN4CCCC4)cc3)nnc2c1. The number of aliphatic imine (C=N–C) groups is 1. The van der Waals surface area contributed by atoms with Gasteiger partial charge in [-0.3, -0.25) is 9.89 Å². The van der Waals surface area contributed by atoms with Gasteiger partial charge in [-0.1, -0.05) is 12.7 Å². The number of hydrogen-bond acceptors (Lipinski definition) is 7. The highest BCUT2D eigenvalue weighted by Crippen LogP contribution is 2.25. The fourth-order valence-corrected chi connectivity index (χ4v) is 3.89. The van der Waals surface area contributed by atoms with Crippen LogP contribution in [0.15, 0.2) is 60.2 Å². The molecule has 0 aliphatic carbocycles. The van der Waals surface area contributed by atoms with Gasteiger partial charge in [0.05, 0.1) is 5.52 Å². The molecule has 0 spiro atoms. The predicted octanol–water partition coefficient (Wildman–Crippen LogP) is 5.17. The smallest absolute Gasteiger partial charge is 0.247 e. The highest BCUT2D eigenvalue weighted by Gasteiger charge is 2.11. The molecule has 0 unspecified atom stereocenters. The monoisotopic (exact) mass is 442 g/mol. The molecule has 1 aromatic heterocycles. The number of rotatable bonds is 9. The summed E-state index contributed by atoms with van der Waals surface area (Å²) in [6.07, 6.45) is 7.90. The lowest BCUT2D eigenvalue weighted by atomic mass is 10.0. The molecule has 7 heteroatoms. The lowest BCUT2D eigenvalue weighted by molar-refractivity contribution is 0.238. The first kappa shape index (κ1) is 22.6. The number of fused-ring (bicyclic) bond motifs is 1. The van der Waals surface area contributed by atoms with Crippen LogP contribution < -0.4 is 10.1 Å². The number of nitrogens with one attached hydrogen (secondary N) is 1. The Labute approximate surface area is 194 Å². The number of hydrogen-bond donors (Lipinski definition) is 1. The molecule has 0 amide bonds. The number of likely N-dealkylation sites (tertiary alicyclic amines) is 1. The highest BCUT2D eigenvalue weighted by atomic mass is 16.5. The van der Waals surface area contributed by atoms with Gasteiger partial charge in [-0.15, -0.1) is 10.2 Å². The van der Waals surface area contributed by atoms with E-state index in [4.69, 9.17) is 4.74 Å². The van der Waals surface area contributed by atoms with Crippen LogP contribution in [0.25, 0.3) is 16.6 Å². The van der Waals surface area contributed by atoms with E-state index in [1.165, 1.54) is 25.9 Å². The molecule has 2 aromatic carbocycles. The summed E-state index contributed by atoms with van der Waals surface area (Å²) in [5.74, 6) is 1.32. The van der Waals surface area contributed by atoms with Crippen molar-refractivity contribution in [3.05, 3.63) is 66.4 Å². The van der Waals surface area contributed by atoms with Crippen molar-refractivity contribution in [3.63, 3.8) is 0 Å². The van der Waals surface area contributed by atoms with Gasteiger partial charge in [-0.25, -0.2) is 4.98 Å². The van der Waals surface area contributed by atoms with Crippen molar-refractivity contribution in [1.29, 1.82) is 0 Å². The highest BCUT2D eigenvalue weighted by molar-refractivity contribution is 5.86. The maximum absolute atomic E-state index is 5.88. The summed E-state index contributed by atoms with van der Waals surface area (Å²) in [7, 11) is 0. The summed E-state index contributed by atoms with van der Waals surface area (Å²) < 4.78 is 5.88. The Morgan fingerprint density at radius 1 is 1.18 bits per heavy atom.